The van der Waals surface area contributed by atoms with E-state index in [-0.39, 0.29) is 11.7 Å². The van der Waals surface area contributed by atoms with Crippen molar-refractivity contribution in [2.45, 2.75) is 12.8 Å². The SMILES string of the molecule is CN1CCC(CC(=O)Nc2cccc(F)c2)C1. The standard InChI is InChI=1S/C13H17FN2O/c1-16-6-5-10(9-16)7-13(17)15-12-4-2-3-11(14)8-12/h2-4,8,10H,5-7,9H2,1H3,(H,15,17). The summed E-state index contributed by atoms with van der Waals surface area (Å²) in [4.78, 5) is 14.0. The summed E-state index contributed by atoms with van der Waals surface area (Å²) in [6, 6.07) is 5.98. The Morgan fingerprint density at radius 2 is 2.41 bits per heavy atom. The molecule has 1 N–H and O–H groups in total. The van der Waals surface area contributed by atoms with Crippen molar-refractivity contribution in [2.24, 2.45) is 5.92 Å². The second-order valence-electron chi connectivity index (χ2n) is 4.68. The van der Waals surface area contributed by atoms with Crippen molar-refractivity contribution in [1.82, 2.24) is 4.90 Å². The van der Waals surface area contributed by atoms with Crippen LogP contribution in [0.5, 0.6) is 0 Å². The van der Waals surface area contributed by atoms with Gasteiger partial charge in [0.1, 0.15) is 5.82 Å². The van der Waals surface area contributed by atoms with E-state index in [1.165, 1.54) is 12.1 Å². The highest BCUT2D eigenvalue weighted by Crippen LogP contribution is 2.19. The zero-order valence-corrected chi connectivity index (χ0v) is 9.95. The van der Waals surface area contributed by atoms with Crippen LogP contribution in [0, 0.1) is 11.7 Å². The minimum Gasteiger partial charge on any atom is -0.326 e. The fourth-order valence-corrected chi connectivity index (χ4v) is 2.23. The molecule has 1 saturated heterocycles. The summed E-state index contributed by atoms with van der Waals surface area (Å²) < 4.78 is 12.9. The molecule has 4 heteroatoms. The smallest absolute Gasteiger partial charge is 0.224 e. The second kappa shape index (κ2) is 5.27. The van der Waals surface area contributed by atoms with Crippen LogP contribution < -0.4 is 5.32 Å². The van der Waals surface area contributed by atoms with Crippen LogP contribution in [0.1, 0.15) is 12.8 Å². The van der Waals surface area contributed by atoms with Crippen LogP contribution in [0.4, 0.5) is 10.1 Å². The highest BCUT2D eigenvalue weighted by atomic mass is 19.1. The van der Waals surface area contributed by atoms with Crippen molar-refractivity contribution in [1.29, 1.82) is 0 Å². The fraction of sp³-hybridized carbons (Fsp3) is 0.462. The molecule has 1 heterocycles. The van der Waals surface area contributed by atoms with Crippen LogP contribution in [0.25, 0.3) is 0 Å². The molecule has 92 valence electrons. The Hall–Kier alpha value is -1.42. The van der Waals surface area contributed by atoms with Gasteiger partial charge in [-0.05, 0) is 44.1 Å². The van der Waals surface area contributed by atoms with Gasteiger partial charge in [-0.2, -0.15) is 0 Å². The maximum absolute atomic E-state index is 12.9. The molecule has 1 amide bonds. The third-order valence-corrected chi connectivity index (χ3v) is 3.07. The number of hydrogen-bond donors (Lipinski definition) is 1. The van der Waals surface area contributed by atoms with Gasteiger partial charge in [-0.15, -0.1) is 0 Å². The molecule has 0 saturated carbocycles. The maximum Gasteiger partial charge on any atom is 0.224 e. The lowest BCUT2D eigenvalue weighted by molar-refractivity contribution is -0.117. The Kier molecular flexibility index (Phi) is 3.74. The molecule has 0 aromatic heterocycles. The summed E-state index contributed by atoms with van der Waals surface area (Å²) in [5, 5.41) is 2.73. The number of nitrogens with zero attached hydrogens (tertiary/aromatic N) is 1. The predicted octanol–water partition coefficient (Wildman–Crippen LogP) is 2.11. The van der Waals surface area contributed by atoms with Crippen molar-refractivity contribution in [3.63, 3.8) is 0 Å². The molecule has 1 aliphatic heterocycles. The average molecular weight is 236 g/mol. The first kappa shape index (κ1) is 12.0. The quantitative estimate of drug-likeness (QED) is 0.871. The van der Waals surface area contributed by atoms with E-state index >= 15 is 0 Å². The van der Waals surface area contributed by atoms with E-state index in [4.69, 9.17) is 0 Å². The van der Waals surface area contributed by atoms with Crippen LogP contribution in [-0.2, 0) is 4.79 Å². The van der Waals surface area contributed by atoms with Gasteiger partial charge in [0.15, 0.2) is 0 Å². The zero-order chi connectivity index (χ0) is 12.3. The van der Waals surface area contributed by atoms with Gasteiger partial charge in [0.05, 0.1) is 0 Å². The summed E-state index contributed by atoms with van der Waals surface area (Å²) in [5.74, 6) is 0.0628. The van der Waals surface area contributed by atoms with Gasteiger partial charge in [0.25, 0.3) is 0 Å². The topological polar surface area (TPSA) is 32.3 Å². The van der Waals surface area contributed by atoms with E-state index in [2.05, 4.69) is 17.3 Å². The van der Waals surface area contributed by atoms with E-state index < -0.39 is 0 Å². The summed E-state index contributed by atoms with van der Waals surface area (Å²) in [6.45, 7) is 2.02. The summed E-state index contributed by atoms with van der Waals surface area (Å²) in [5.41, 5.74) is 0.529. The van der Waals surface area contributed by atoms with Gasteiger partial charge >= 0.3 is 0 Å². The molecule has 0 bridgehead atoms. The maximum atomic E-state index is 12.9. The largest absolute Gasteiger partial charge is 0.326 e. The van der Waals surface area contributed by atoms with Crippen LogP contribution >= 0.6 is 0 Å². The van der Waals surface area contributed by atoms with Crippen molar-refractivity contribution >= 4 is 11.6 Å². The first-order chi connectivity index (χ1) is 8.13. The molecule has 1 fully saturated rings. The minimum absolute atomic E-state index is 0.0316. The number of benzene rings is 1. The van der Waals surface area contributed by atoms with E-state index in [0.717, 1.165) is 19.5 Å². The Morgan fingerprint density at radius 1 is 1.59 bits per heavy atom. The zero-order valence-electron chi connectivity index (χ0n) is 9.95. The molecule has 1 aliphatic rings. The van der Waals surface area contributed by atoms with E-state index in [0.29, 0.717) is 18.0 Å². The number of amides is 1. The van der Waals surface area contributed by atoms with Crippen molar-refractivity contribution < 1.29 is 9.18 Å². The lowest BCUT2D eigenvalue weighted by Crippen LogP contribution is -2.19. The Bertz CT molecular complexity index is 408. The lowest BCUT2D eigenvalue weighted by atomic mass is 10.0. The molecule has 0 spiro atoms. The summed E-state index contributed by atoms with van der Waals surface area (Å²) >= 11 is 0. The Labute approximate surface area is 101 Å². The van der Waals surface area contributed by atoms with Crippen LogP contribution in [0.3, 0.4) is 0 Å². The number of carbonyl (C=O) groups excluding carboxylic acids is 1. The second-order valence-corrected chi connectivity index (χ2v) is 4.68. The number of hydrogen-bond acceptors (Lipinski definition) is 2. The van der Waals surface area contributed by atoms with Crippen LogP contribution in [0.15, 0.2) is 24.3 Å². The van der Waals surface area contributed by atoms with Gasteiger partial charge < -0.3 is 10.2 Å². The van der Waals surface area contributed by atoms with E-state index in [1.54, 1.807) is 12.1 Å². The number of anilines is 1. The number of rotatable bonds is 3. The van der Waals surface area contributed by atoms with Crippen LogP contribution in [-0.4, -0.2) is 30.9 Å². The Morgan fingerprint density at radius 3 is 3.06 bits per heavy atom. The molecule has 2 rings (SSSR count). The number of carbonyl (C=O) groups is 1. The molecule has 3 nitrogen and oxygen atoms in total. The number of likely N-dealkylation sites (tertiary alicyclic amines) is 1. The fourth-order valence-electron chi connectivity index (χ4n) is 2.23. The van der Waals surface area contributed by atoms with E-state index in [1.807, 2.05) is 0 Å². The third-order valence-electron chi connectivity index (χ3n) is 3.07. The summed E-state index contributed by atoms with van der Waals surface area (Å²) in [6.07, 6.45) is 1.58. The Balaban J connectivity index is 1.85. The highest BCUT2D eigenvalue weighted by molar-refractivity contribution is 5.90. The van der Waals surface area contributed by atoms with E-state index in [9.17, 15) is 9.18 Å². The third kappa shape index (κ3) is 3.53. The van der Waals surface area contributed by atoms with Gasteiger partial charge in [0, 0.05) is 18.7 Å². The van der Waals surface area contributed by atoms with Gasteiger partial charge in [-0.25, -0.2) is 4.39 Å². The molecule has 17 heavy (non-hydrogen) atoms. The normalized spacial score (nSPS) is 20.5. The highest BCUT2D eigenvalue weighted by Gasteiger charge is 2.21. The number of halogens is 1. The molecule has 1 atom stereocenters. The number of nitrogens with one attached hydrogen (secondary N) is 1. The van der Waals surface area contributed by atoms with Gasteiger partial charge in [-0.3, -0.25) is 4.79 Å². The predicted molar refractivity (Wildman–Crippen MR) is 65.3 cm³/mol. The van der Waals surface area contributed by atoms with Crippen LogP contribution in [0.2, 0.25) is 0 Å². The van der Waals surface area contributed by atoms with Gasteiger partial charge in [-0.1, -0.05) is 6.07 Å². The molecular formula is C13H17FN2O. The molecule has 1 aromatic carbocycles. The lowest BCUT2D eigenvalue weighted by Gasteiger charge is -2.10. The van der Waals surface area contributed by atoms with Crippen molar-refractivity contribution in [3.8, 4) is 0 Å². The molecule has 1 unspecified atom stereocenters. The summed E-state index contributed by atoms with van der Waals surface area (Å²) in [7, 11) is 2.06. The molecule has 1 aromatic rings. The molecular weight excluding hydrogens is 219 g/mol. The molecule has 0 radical (unpaired) electrons. The monoisotopic (exact) mass is 236 g/mol. The first-order valence-corrected chi connectivity index (χ1v) is 5.87. The molecule has 0 aliphatic carbocycles. The minimum atomic E-state index is -0.330. The van der Waals surface area contributed by atoms with Crippen molar-refractivity contribution in [2.75, 3.05) is 25.5 Å². The van der Waals surface area contributed by atoms with Gasteiger partial charge in [0.2, 0.25) is 5.91 Å². The van der Waals surface area contributed by atoms with Crippen molar-refractivity contribution in [3.05, 3.63) is 30.1 Å². The first-order valence-electron chi connectivity index (χ1n) is 5.87. The average Bonchev–Trinajstić information content (AvgIpc) is 2.63.